The highest BCUT2D eigenvalue weighted by Gasteiger charge is 2.51. The van der Waals surface area contributed by atoms with Crippen molar-refractivity contribution in [1.29, 1.82) is 0 Å². The van der Waals surface area contributed by atoms with Crippen LogP contribution in [0.15, 0.2) is 18.2 Å². The zero-order valence-electron chi connectivity index (χ0n) is 11.7. The molecule has 0 bridgehead atoms. The highest BCUT2D eigenvalue weighted by molar-refractivity contribution is 5.41. The molecule has 0 saturated heterocycles. The maximum atomic E-state index is 9.70. The summed E-state index contributed by atoms with van der Waals surface area (Å²) in [5, 5.41) is 9.70. The number of methoxy groups -OCH3 is 1. The predicted octanol–water partition coefficient (Wildman–Crippen LogP) is 2.38. The van der Waals surface area contributed by atoms with Gasteiger partial charge < -0.3 is 14.7 Å². The second kappa shape index (κ2) is 4.90. The Balaban J connectivity index is 2.46. The summed E-state index contributed by atoms with van der Waals surface area (Å²) in [6.45, 7) is 2.33. The van der Waals surface area contributed by atoms with Crippen molar-refractivity contribution in [3.63, 3.8) is 0 Å². The number of aliphatic hydroxyl groups excluding tert-OH is 1. The molecule has 100 valence electrons. The Morgan fingerprint density at radius 1 is 1.39 bits per heavy atom. The Labute approximate surface area is 109 Å². The third kappa shape index (κ3) is 2.25. The summed E-state index contributed by atoms with van der Waals surface area (Å²) >= 11 is 0. The Kier molecular flexibility index (Phi) is 3.64. The van der Waals surface area contributed by atoms with E-state index in [1.807, 2.05) is 6.07 Å². The van der Waals surface area contributed by atoms with Gasteiger partial charge in [-0.25, -0.2) is 0 Å². The normalized spacial score (nSPS) is 18.8. The fraction of sp³-hybridized carbons (Fsp3) is 0.600. The van der Waals surface area contributed by atoms with Crippen LogP contribution in [0.25, 0.3) is 0 Å². The molecule has 0 amide bonds. The molecule has 1 atom stereocenters. The van der Waals surface area contributed by atoms with E-state index in [2.05, 4.69) is 38.1 Å². The minimum Gasteiger partial charge on any atom is -0.496 e. The molecule has 1 unspecified atom stereocenters. The Bertz CT molecular complexity index is 425. The lowest BCUT2D eigenvalue weighted by atomic mass is 9.88. The average Bonchev–Trinajstić information content (AvgIpc) is 3.10. The zero-order valence-corrected chi connectivity index (χ0v) is 11.7. The summed E-state index contributed by atoms with van der Waals surface area (Å²) in [7, 11) is 5.85. The summed E-state index contributed by atoms with van der Waals surface area (Å²) in [5.74, 6) is 0.916. The molecule has 0 aromatic heterocycles. The molecule has 1 fully saturated rings. The molecule has 1 aliphatic rings. The number of nitrogens with zero attached hydrogens (tertiary/aromatic N) is 1. The number of rotatable bonds is 5. The first-order valence-corrected chi connectivity index (χ1v) is 6.46. The van der Waals surface area contributed by atoms with Crippen LogP contribution in [-0.4, -0.2) is 37.8 Å². The van der Waals surface area contributed by atoms with Gasteiger partial charge in [0.1, 0.15) is 5.75 Å². The van der Waals surface area contributed by atoms with Crippen LogP contribution < -0.4 is 4.74 Å². The van der Waals surface area contributed by atoms with E-state index in [1.165, 1.54) is 11.1 Å². The van der Waals surface area contributed by atoms with Crippen LogP contribution in [0.1, 0.15) is 30.0 Å². The van der Waals surface area contributed by atoms with E-state index in [0.717, 1.165) is 18.6 Å². The van der Waals surface area contributed by atoms with Gasteiger partial charge in [-0.2, -0.15) is 0 Å². The molecule has 1 aromatic rings. The molecule has 3 nitrogen and oxygen atoms in total. The van der Waals surface area contributed by atoms with Crippen molar-refractivity contribution in [1.82, 2.24) is 4.90 Å². The van der Waals surface area contributed by atoms with Crippen LogP contribution in [0.4, 0.5) is 0 Å². The number of aryl methyl sites for hydroxylation is 1. The maximum Gasteiger partial charge on any atom is 0.123 e. The first-order valence-electron chi connectivity index (χ1n) is 6.46. The van der Waals surface area contributed by atoms with Gasteiger partial charge in [-0.05, 0) is 39.9 Å². The molecule has 0 heterocycles. The van der Waals surface area contributed by atoms with Gasteiger partial charge in [-0.3, -0.25) is 0 Å². The zero-order chi connectivity index (χ0) is 13.3. The lowest BCUT2D eigenvalue weighted by Gasteiger charge is -2.33. The molecular formula is C15H23NO2. The van der Waals surface area contributed by atoms with Gasteiger partial charge in [-0.15, -0.1) is 0 Å². The monoisotopic (exact) mass is 249 g/mol. The smallest absolute Gasteiger partial charge is 0.123 e. The summed E-state index contributed by atoms with van der Waals surface area (Å²) < 4.78 is 5.49. The van der Waals surface area contributed by atoms with Crippen molar-refractivity contribution in [2.24, 2.45) is 5.41 Å². The van der Waals surface area contributed by atoms with Crippen LogP contribution in [0.3, 0.4) is 0 Å². The number of hydrogen-bond donors (Lipinski definition) is 1. The quantitative estimate of drug-likeness (QED) is 0.869. The molecule has 2 rings (SSSR count). The average molecular weight is 249 g/mol. The number of hydrogen-bond acceptors (Lipinski definition) is 3. The molecule has 1 aliphatic carbocycles. The van der Waals surface area contributed by atoms with E-state index < -0.39 is 0 Å². The van der Waals surface area contributed by atoms with Gasteiger partial charge >= 0.3 is 0 Å². The van der Waals surface area contributed by atoms with E-state index in [9.17, 15) is 5.11 Å². The van der Waals surface area contributed by atoms with Gasteiger partial charge in [0, 0.05) is 17.0 Å². The molecule has 0 aliphatic heterocycles. The standard InChI is InChI=1S/C15H23NO2/c1-11-5-6-13(18-4)12(9-11)14(16(2)3)15(10-17)7-8-15/h5-6,9,14,17H,7-8,10H2,1-4H3. The van der Waals surface area contributed by atoms with E-state index in [0.29, 0.717) is 0 Å². The lowest BCUT2D eigenvalue weighted by molar-refractivity contribution is 0.114. The fourth-order valence-electron chi connectivity index (χ4n) is 2.90. The third-order valence-corrected chi connectivity index (χ3v) is 3.98. The SMILES string of the molecule is COc1ccc(C)cc1C(N(C)C)C1(CO)CC1. The first-order chi connectivity index (χ1) is 8.54. The van der Waals surface area contributed by atoms with E-state index in [1.54, 1.807) is 7.11 Å². The van der Waals surface area contributed by atoms with Crippen molar-refractivity contribution in [3.05, 3.63) is 29.3 Å². The number of ether oxygens (including phenoxy) is 1. The van der Waals surface area contributed by atoms with Crippen LogP contribution in [0.2, 0.25) is 0 Å². The van der Waals surface area contributed by atoms with Gasteiger partial charge in [0.15, 0.2) is 0 Å². The summed E-state index contributed by atoms with van der Waals surface area (Å²) in [6, 6.07) is 6.49. The maximum absolute atomic E-state index is 9.70. The largest absolute Gasteiger partial charge is 0.496 e. The van der Waals surface area contributed by atoms with Crippen LogP contribution >= 0.6 is 0 Å². The van der Waals surface area contributed by atoms with Crippen molar-refractivity contribution in [3.8, 4) is 5.75 Å². The van der Waals surface area contributed by atoms with Crippen molar-refractivity contribution >= 4 is 0 Å². The van der Waals surface area contributed by atoms with Crippen LogP contribution in [0.5, 0.6) is 5.75 Å². The Hall–Kier alpha value is -1.06. The molecule has 1 N–H and O–H groups in total. The lowest BCUT2D eigenvalue weighted by Crippen LogP contribution is -2.31. The molecular weight excluding hydrogens is 226 g/mol. The van der Waals surface area contributed by atoms with Crippen LogP contribution in [-0.2, 0) is 0 Å². The number of benzene rings is 1. The topological polar surface area (TPSA) is 32.7 Å². The summed E-state index contributed by atoms with van der Waals surface area (Å²) in [4.78, 5) is 2.19. The first kappa shape index (κ1) is 13.4. The molecule has 18 heavy (non-hydrogen) atoms. The highest BCUT2D eigenvalue weighted by atomic mass is 16.5. The van der Waals surface area contributed by atoms with Gasteiger partial charge in [-0.1, -0.05) is 17.7 Å². The Morgan fingerprint density at radius 2 is 2.06 bits per heavy atom. The second-order valence-corrected chi connectivity index (χ2v) is 5.63. The number of aliphatic hydroxyl groups is 1. The van der Waals surface area contributed by atoms with Gasteiger partial charge in [0.05, 0.1) is 13.7 Å². The van der Waals surface area contributed by atoms with Crippen molar-refractivity contribution < 1.29 is 9.84 Å². The molecule has 3 heteroatoms. The van der Waals surface area contributed by atoms with E-state index in [-0.39, 0.29) is 18.1 Å². The van der Waals surface area contributed by atoms with Gasteiger partial charge in [0.2, 0.25) is 0 Å². The molecule has 0 radical (unpaired) electrons. The molecule has 1 aromatic carbocycles. The van der Waals surface area contributed by atoms with E-state index >= 15 is 0 Å². The summed E-state index contributed by atoms with van der Waals surface area (Å²) in [5.41, 5.74) is 2.44. The fourth-order valence-corrected chi connectivity index (χ4v) is 2.90. The van der Waals surface area contributed by atoms with E-state index in [4.69, 9.17) is 4.74 Å². The third-order valence-electron chi connectivity index (χ3n) is 3.98. The van der Waals surface area contributed by atoms with Gasteiger partial charge in [0.25, 0.3) is 0 Å². The molecule has 0 spiro atoms. The summed E-state index contributed by atoms with van der Waals surface area (Å²) in [6.07, 6.45) is 2.17. The minimum atomic E-state index is 0.0184. The predicted molar refractivity (Wildman–Crippen MR) is 72.9 cm³/mol. The second-order valence-electron chi connectivity index (χ2n) is 5.63. The van der Waals surface area contributed by atoms with Crippen molar-refractivity contribution in [2.75, 3.05) is 27.8 Å². The van der Waals surface area contributed by atoms with Crippen LogP contribution in [0, 0.1) is 12.3 Å². The van der Waals surface area contributed by atoms with Crippen molar-refractivity contribution in [2.45, 2.75) is 25.8 Å². The molecule has 1 saturated carbocycles. The highest BCUT2D eigenvalue weighted by Crippen LogP contribution is 2.57. The minimum absolute atomic E-state index is 0.0184. The Morgan fingerprint density at radius 3 is 2.50 bits per heavy atom.